The normalized spacial score (nSPS) is 10.5. The number of furan rings is 1. The van der Waals surface area contributed by atoms with Gasteiger partial charge in [-0.05, 0) is 30.7 Å². The zero-order valence-corrected chi connectivity index (χ0v) is 11.2. The highest BCUT2D eigenvalue weighted by atomic mass is 35.5. The molecule has 1 heterocycles. The third-order valence-corrected chi connectivity index (χ3v) is 3.09. The van der Waals surface area contributed by atoms with Crippen molar-refractivity contribution < 1.29 is 14.3 Å². The van der Waals surface area contributed by atoms with Crippen LogP contribution in [0, 0.1) is 6.92 Å². The zero-order chi connectivity index (χ0) is 13.8. The van der Waals surface area contributed by atoms with Gasteiger partial charge in [-0.25, -0.2) is 0 Å². The van der Waals surface area contributed by atoms with E-state index in [0.29, 0.717) is 10.8 Å². The molecule has 2 rings (SSSR count). The number of aryl methyl sites for hydroxylation is 1. The summed E-state index contributed by atoms with van der Waals surface area (Å²) >= 11 is 6.05. The average Bonchev–Trinajstić information content (AvgIpc) is 2.89. The zero-order valence-electron chi connectivity index (χ0n) is 10.4. The van der Waals surface area contributed by atoms with Crippen molar-refractivity contribution in [1.82, 2.24) is 5.32 Å². The van der Waals surface area contributed by atoms with Crippen LogP contribution in [0.3, 0.4) is 0 Å². The number of carbonyl (C=O) groups excluding carboxylic acids is 1. The third-order valence-electron chi connectivity index (χ3n) is 2.68. The minimum Gasteiger partial charge on any atom is -0.451 e. The first kappa shape index (κ1) is 13.6. The Hall–Kier alpha value is -1.78. The molecule has 0 fully saturated rings. The van der Waals surface area contributed by atoms with Crippen molar-refractivity contribution in [3.8, 4) is 11.3 Å². The quantitative estimate of drug-likeness (QED) is 0.904. The summed E-state index contributed by atoms with van der Waals surface area (Å²) in [5.41, 5.74) is 1.80. The van der Waals surface area contributed by atoms with Gasteiger partial charge in [-0.3, -0.25) is 4.79 Å². The van der Waals surface area contributed by atoms with E-state index < -0.39 is 0 Å². The summed E-state index contributed by atoms with van der Waals surface area (Å²) < 4.78 is 5.47. The average molecular weight is 280 g/mol. The van der Waals surface area contributed by atoms with Crippen LogP contribution in [0.15, 0.2) is 34.7 Å². The van der Waals surface area contributed by atoms with Crippen molar-refractivity contribution in [3.05, 3.63) is 46.7 Å². The number of rotatable bonds is 4. The second kappa shape index (κ2) is 5.91. The lowest BCUT2D eigenvalue weighted by molar-refractivity contribution is 0.0918. The number of carbonyl (C=O) groups is 1. The van der Waals surface area contributed by atoms with E-state index in [1.807, 2.05) is 19.1 Å². The van der Waals surface area contributed by atoms with Crippen molar-refractivity contribution in [2.24, 2.45) is 0 Å². The van der Waals surface area contributed by atoms with Gasteiger partial charge in [0.25, 0.3) is 5.91 Å². The van der Waals surface area contributed by atoms with E-state index >= 15 is 0 Å². The van der Waals surface area contributed by atoms with Crippen LogP contribution in [0.4, 0.5) is 0 Å². The molecule has 4 nitrogen and oxygen atoms in total. The van der Waals surface area contributed by atoms with Crippen molar-refractivity contribution in [1.29, 1.82) is 0 Å². The molecule has 1 amide bonds. The molecule has 100 valence electrons. The molecule has 2 aromatic rings. The highest BCUT2D eigenvalue weighted by molar-refractivity contribution is 6.31. The van der Waals surface area contributed by atoms with E-state index in [-0.39, 0.29) is 24.8 Å². The van der Waals surface area contributed by atoms with Crippen LogP contribution < -0.4 is 5.32 Å². The number of halogens is 1. The fraction of sp³-hybridized carbons (Fsp3) is 0.214. The molecule has 0 spiro atoms. The summed E-state index contributed by atoms with van der Waals surface area (Å²) in [7, 11) is 0. The Morgan fingerprint density at radius 2 is 2.16 bits per heavy atom. The maximum absolute atomic E-state index is 11.6. The lowest BCUT2D eigenvalue weighted by Gasteiger charge is -2.02. The van der Waals surface area contributed by atoms with E-state index in [0.717, 1.165) is 11.1 Å². The summed E-state index contributed by atoms with van der Waals surface area (Å²) in [4.78, 5) is 11.6. The predicted octanol–water partition coefficient (Wildman–Crippen LogP) is 2.63. The van der Waals surface area contributed by atoms with Crippen molar-refractivity contribution in [2.45, 2.75) is 6.92 Å². The SMILES string of the molecule is Cc1ccc(-c2ccc(C(=O)NCCO)o2)cc1Cl. The predicted molar refractivity (Wildman–Crippen MR) is 73.3 cm³/mol. The molecule has 1 aromatic carbocycles. The number of benzene rings is 1. The fourth-order valence-corrected chi connectivity index (χ4v) is 1.80. The Morgan fingerprint density at radius 3 is 2.84 bits per heavy atom. The molecule has 0 unspecified atom stereocenters. The molecule has 1 aromatic heterocycles. The number of aliphatic hydroxyl groups excluding tert-OH is 1. The van der Waals surface area contributed by atoms with Gasteiger partial charge in [0.2, 0.25) is 0 Å². The Balaban J connectivity index is 2.20. The van der Waals surface area contributed by atoms with Crippen molar-refractivity contribution in [2.75, 3.05) is 13.2 Å². The summed E-state index contributed by atoms with van der Waals surface area (Å²) in [5.74, 6) is 0.440. The lowest BCUT2D eigenvalue weighted by Crippen LogP contribution is -2.25. The summed E-state index contributed by atoms with van der Waals surface area (Å²) in [6.45, 7) is 2.01. The van der Waals surface area contributed by atoms with Crippen LogP contribution >= 0.6 is 11.6 Å². The minimum absolute atomic E-state index is 0.104. The Morgan fingerprint density at radius 1 is 1.37 bits per heavy atom. The highest BCUT2D eigenvalue weighted by Gasteiger charge is 2.12. The smallest absolute Gasteiger partial charge is 0.287 e. The van der Waals surface area contributed by atoms with Crippen LogP contribution in [0.1, 0.15) is 16.1 Å². The van der Waals surface area contributed by atoms with Gasteiger partial charge in [0.05, 0.1) is 6.61 Å². The molecule has 0 saturated carbocycles. The molecular formula is C14H14ClNO3. The van der Waals surface area contributed by atoms with Gasteiger partial charge in [-0.2, -0.15) is 0 Å². The lowest BCUT2D eigenvalue weighted by atomic mass is 10.1. The topological polar surface area (TPSA) is 62.5 Å². The fourth-order valence-electron chi connectivity index (χ4n) is 1.62. The number of hydrogen-bond acceptors (Lipinski definition) is 3. The number of hydrogen-bond donors (Lipinski definition) is 2. The molecule has 0 bridgehead atoms. The van der Waals surface area contributed by atoms with E-state index in [1.54, 1.807) is 18.2 Å². The molecule has 5 heteroatoms. The van der Waals surface area contributed by atoms with E-state index in [1.165, 1.54) is 0 Å². The molecule has 0 atom stereocenters. The first-order valence-electron chi connectivity index (χ1n) is 5.87. The first-order valence-corrected chi connectivity index (χ1v) is 6.25. The maximum Gasteiger partial charge on any atom is 0.287 e. The standard InChI is InChI=1S/C14H14ClNO3/c1-9-2-3-10(8-11(9)15)12-4-5-13(19-12)14(18)16-6-7-17/h2-5,8,17H,6-7H2,1H3,(H,16,18). The Kier molecular flexibility index (Phi) is 4.24. The summed E-state index contributed by atoms with van der Waals surface area (Å²) in [6.07, 6.45) is 0. The molecule has 0 saturated heterocycles. The second-order valence-electron chi connectivity index (χ2n) is 4.11. The molecule has 0 radical (unpaired) electrons. The monoisotopic (exact) mass is 279 g/mol. The minimum atomic E-state index is -0.349. The van der Waals surface area contributed by atoms with E-state index in [9.17, 15) is 4.79 Å². The van der Waals surface area contributed by atoms with Gasteiger partial charge in [0.15, 0.2) is 5.76 Å². The van der Waals surface area contributed by atoms with Crippen LogP contribution in [0.25, 0.3) is 11.3 Å². The largest absolute Gasteiger partial charge is 0.451 e. The number of aliphatic hydroxyl groups is 1. The van der Waals surface area contributed by atoms with E-state index in [2.05, 4.69) is 5.32 Å². The van der Waals surface area contributed by atoms with Crippen LogP contribution in [-0.2, 0) is 0 Å². The van der Waals surface area contributed by atoms with Crippen molar-refractivity contribution in [3.63, 3.8) is 0 Å². The molecule has 0 aliphatic rings. The third kappa shape index (κ3) is 3.16. The van der Waals surface area contributed by atoms with Crippen LogP contribution in [0.5, 0.6) is 0 Å². The van der Waals surface area contributed by atoms with Gasteiger partial charge in [0.1, 0.15) is 5.76 Å². The summed E-state index contributed by atoms with van der Waals surface area (Å²) in [6, 6.07) is 8.89. The summed E-state index contributed by atoms with van der Waals surface area (Å²) in [5, 5.41) is 11.8. The van der Waals surface area contributed by atoms with Gasteiger partial charge in [-0.1, -0.05) is 23.7 Å². The molecule has 2 N–H and O–H groups in total. The Bertz CT molecular complexity index is 592. The Labute approximate surface area is 116 Å². The molecule has 0 aliphatic carbocycles. The molecule has 0 aliphatic heterocycles. The second-order valence-corrected chi connectivity index (χ2v) is 4.51. The van der Waals surface area contributed by atoms with E-state index in [4.69, 9.17) is 21.1 Å². The number of amides is 1. The highest BCUT2D eigenvalue weighted by Crippen LogP contribution is 2.26. The van der Waals surface area contributed by atoms with Crippen molar-refractivity contribution >= 4 is 17.5 Å². The number of nitrogens with one attached hydrogen (secondary N) is 1. The van der Waals surface area contributed by atoms with Gasteiger partial charge in [-0.15, -0.1) is 0 Å². The molecule has 19 heavy (non-hydrogen) atoms. The molecular weight excluding hydrogens is 266 g/mol. The van der Waals surface area contributed by atoms with Gasteiger partial charge in [0, 0.05) is 17.1 Å². The maximum atomic E-state index is 11.6. The van der Waals surface area contributed by atoms with Gasteiger partial charge < -0.3 is 14.8 Å². The van der Waals surface area contributed by atoms with Gasteiger partial charge >= 0.3 is 0 Å². The van der Waals surface area contributed by atoms with Crippen LogP contribution in [-0.4, -0.2) is 24.2 Å². The first-order chi connectivity index (χ1) is 9.11. The van der Waals surface area contributed by atoms with Crippen LogP contribution in [0.2, 0.25) is 5.02 Å².